The number of carbonyl (C=O) groups is 2. The molecule has 5 rings (SSSR count). The Balaban J connectivity index is 1.42. The van der Waals surface area contributed by atoms with Crippen LogP contribution in [0.5, 0.6) is 5.75 Å². The van der Waals surface area contributed by atoms with E-state index in [9.17, 15) is 9.59 Å². The van der Waals surface area contributed by atoms with Crippen LogP contribution in [0.4, 0.5) is 21.1 Å². The number of aromatic nitrogens is 2. The first-order valence-corrected chi connectivity index (χ1v) is 13.0. The number of carbonyl (C=O) groups excluding carboxylic acids is 2. The van der Waals surface area contributed by atoms with Crippen molar-refractivity contribution in [1.29, 1.82) is 0 Å². The Bertz CT molecular complexity index is 1370. The molecule has 3 heterocycles. The predicted molar refractivity (Wildman–Crippen MR) is 145 cm³/mol. The smallest absolute Gasteiger partial charge is 0.415 e. The molecule has 2 aromatic rings. The Morgan fingerprint density at radius 2 is 1.95 bits per heavy atom. The van der Waals surface area contributed by atoms with Gasteiger partial charge >= 0.3 is 12.2 Å². The number of anilines is 2. The monoisotopic (exact) mass is 561 g/mol. The Kier molecular flexibility index (Phi) is 6.59. The number of amides is 2. The van der Waals surface area contributed by atoms with Gasteiger partial charge in [0, 0.05) is 17.1 Å². The first-order valence-electron chi connectivity index (χ1n) is 12.1. The first kappa shape index (κ1) is 26.4. The average molecular weight is 562 g/mol. The second-order valence-corrected chi connectivity index (χ2v) is 11.6. The molecule has 2 aliphatic heterocycles. The van der Waals surface area contributed by atoms with Gasteiger partial charge in [-0.25, -0.2) is 19.6 Å². The Labute approximate surface area is 230 Å². The number of nitrogens with zero attached hydrogens (tertiary/aromatic N) is 4. The molecule has 0 saturated carbocycles. The van der Waals surface area contributed by atoms with E-state index in [-0.39, 0.29) is 30.4 Å². The average Bonchev–Trinajstić information content (AvgIpc) is 3.19. The van der Waals surface area contributed by atoms with Crippen molar-refractivity contribution in [2.75, 3.05) is 37.0 Å². The maximum Gasteiger partial charge on any atom is 0.415 e. The number of hydrogen-bond donors (Lipinski definition) is 1. The fourth-order valence-corrected chi connectivity index (χ4v) is 5.16. The van der Waals surface area contributed by atoms with Crippen LogP contribution in [0, 0.1) is 0 Å². The predicted octanol–water partition coefficient (Wildman–Crippen LogP) is 5.06. The van der Waals surface area contributed by atoms with Crippen LogP contribution in [0.15, 0.2) is 41.9 Å². The van der Waals surface area contributed by atoms with Gasteiger partial charge < -0.3 is 19.5 Å². The third-order valence-corrected chi connectivity index (χ3v) is 7.75. The zero-order valence-electron chi connectivity index (χ0n) is 21.7. The summed E-state index contributed by atoms with van der Waals surface area (Å²) in [5, 5.41) is 3.35. The summed E-state index contributed by atoms with van der Waals surface area (Å²) in [7, 11) is 1.53. The topological polar surface area (TPSA) is 106 Å². The van der Waals surface area contributed by atoms with E-state index in [1.807, 2.05) is 39.8 Å². The summed E-state index contributed by atoms with van der Waals surface area (Å²) in [5.74, 6) is 0.995. The van der Waals surface area contributed by atoms with Crippen LogP contribution in [0.25, 0.3) is 10.9 Å². The highest BCUT2D eigenvalue weighted by molar-refractivity contribution is 6.32. The van der Waals surface area contributed by atoms with Gasteiger partial charge in [-0.15, -0.1) is 23.2 Å². The van der Waals surface area contributed by atoms with Crippen molar-refractivity contribution >= 4 is 57.8 Å². The number of alkyl halides is 2. The third-order valence-electron chi connectivity index (χ3n) is 6.62. The molecule has 1 aliphatic carbocycles. The van der Waals surface area contributed by atoms with Crippen LogP contribution >= 0.6 is 23.2 Å². The molecule has 1 aromatic heterocycles. The zero-order chi connectivity index (χ0) is 27.4. The normalized spacial score (nSPS) is 22.6. The lowest BCUT2D eigenvalue weighted by Gasteiger charge is -2.45. The summed E-state index contributed by atoms with van der Waals surface area (Å²) in [6, 6.07) is 3.55. The summed E-state index contributed by atoms with van der Waals surface area (Å²) in [6.45, 7) is 8.08. The van der Waals surface area contributed by atoms with Gasteiger partial charge in [0.05, 0.1) is 48.7 Å². The highest BCUT2D eigenvalue weighted by Gasteiger charge is 2.56. The van der Waals surface area contributed by atoms with Crippen molar-refractivity contribution in [2.24, 2.45) is 0 Å². The summed E-state index contributed by atoms with van der Waals surface area (Å²) in [6.07, 6.45) is 4.19. The standard InChI is InChI=1S/C26H29Cl2N5O5/c1-14-17(7-6-16(27)21(14)28)31-22-15-8-19(20(36-5)9-18(15)29-13-30-22)33-12-26(38-24(33)35)10-32(11-26)23(34)37-25(2,3)4/h6-9,13,16,21H,10-12H2,1-5H3,(H,29,30,31). The number of fused-ring (bicyclic) bond motifs is 1. The number of rotatable bonds is 4. The van der Waals surface area contributed by atoms with E-state index in [1.165, 1.54) is 23.2 Å². The number of nitrogens with one attached hydrogen (secondary N) is 1. The van der Waals surface area contributed by atoms with Gasteiger partial charge in [-0.2, -0.15) is 0 Å². The van der Waals surface area contributed by atoms with Gasteiger partial charge in [0.15, 0.2) is 5.60 Å². The Morgan fingerprint density at radius 3 is 2.63 bits per heavy atom. The van der Waals surface area contributed by atoms with Gasteiger partial charge in [-0.05, 0) is 45.4 Å². The molecule has 202 valence electrons. The number of benzene rings is 1. The van der Waals surface area contributed by atoms with Crippen LogP contribution < -0.4 is 15.0 Å². The van der Waals surface area contributed by atoms with Crippen molar-refractivity contribution in [3.05, 3.63) is 41.9 Å². The third kappa shape index (κ3) is 4.82. The van der Waals surface area contributed by atoms with E-state index in [0.29, 0.717) is 28.2 Å². The fraction of sp³-hybridized carbons (Fsp3) is 0.462. The second-order valence-electron chi connectivity index (χ2n) is 10.7. The first-order chi connectivity index (χ1) is 17.9. The van der Waals surface area contributed by atoms with E-state index in [2.05, 4.69) is 15.3 Å². The van der Waals surface area contributed by atoms with Gasteiger partial charge in [0.2, 0.25) is 0 Å². The molecule has 2 fully saturated rings. The van der Waals surface area contributed by atoms with Crippen LogP contribution in [0.2, 0.25) is 0 Å². The highest BCUT2D eigenvalue weighted by atomic mass is 35.5. The van der Waals surface area contributed by atoms with E-state index >= 15 is 0 Å². The number of ether oxygens (including phenoxy) is 3. The Morgan fingerprint density at radius 1 is 1.21 bits per heavy atom. The van der Waals surface area contributed by atoms with E-state index in [0.717, 1.165) is 11.3 Å². The fourth-order valence-electron chi connectivity index (χ4n) is 4.70. The Hall–Kier alpha value is -3.24. The maximum atomic E-state index is 13.0. The molecule has 1 spiro atoms. The summed E-state index contributed by atoms with van der Waals surface area (Å²) >= 11 is 12.7. The number of halogens is 2. The van der Waals surface area contributed by atoms with Crippen molar-refractivity contribution in [1.82, 2.24) is 14.9 Å². The van der Waals surface area contributed by atoms with Crippen LogP contribution in [0.3, 0.4) is 0 Å². The molecule has 1 aromatic carbocycles. The summed E-state index contributed by atoms with van der Waals surface area (Å²) in [4.78, 5) is 37.3. The van der Waals surface area contributed by atoms with Gasteiger partial charge in [0.25, 0.3) is 0 Å². The minimum Gasteiger partial charge on any atom is -0.494 e. The van der Waals surface area contributed by atoms with Gasteiger partial charge in [-0.1, -0.05) is 6.08 Å². The molecule has 0 bridgehead atoms. The zero-order valence-corrected chi connectivity index (χ0v) is 23.3. The van der Waals surface area contributed by atoms with Crippen LogP contribution in [-0.2, 0) is 9.47 Å². The molecule has 2 atom stereocenters. The van der Waals surface area contributed by atoms with Gasteiger partial charge in [-0.3, -0.25) is 9.80 Å². The molecule has 10 nitrogen and oxygen atoms in total. The van der Waals surface area contributed by atoms with Crippen molar-refractivity contribution in [2.45, 2.75) is 49.7 Å². The van der Waals surface area contributed by atoms with Crippen molar-refractivity contribution in [3.8, 4) is 5.75 Å². The minimum absolute atomic E-state index is 0.247. The van der Waals surface area contributed by atoms with E-state index in [1.54, 1.807) is 12.1 Å². The lowest BCUT2D eigenvalue weighted by Crippen LogP contribution is -2.66. The molecule has 2 saturated heterocycles. The number of methoxy groups -OCH3 is 1. The molecule has 12 heteroatoms. The molecular weight excluding hydrogens is 533 g/mol. The molecule has 2 amide bonds. The lowest BCUT2D eigenvalue weighted by atomic mass is 9.94. The summed E-state index contributed by atoms with van der Waals surface area (Å²) < 4.78 is 16.8. The maximum absolute atomic E-state index is 13.0. The summed E-state index contributed by atoms with van der Waals surface area (Å²) in [5.41, 5.74) is 1.39. The highest BCUT2D eigenvalue weighted by Crippen LogP contribution is 2.41. The largest absolute Gasteiger partial charge is 0.494 e. The SMILES string of the molecule is COc1cc2ncnc(NC3=C(C)C(Cl)C(Cl)C=C3)c2cc1N1CC2(CN(C(=O)OC(C)(C)C)C2)OC1=O. The molecule has 3 aliphatic rings. The van der Waals surface area contributed by atoms with Crippen molar-refractivity contribution < 1.29 is 23.8 Å². The van der Waals surface area contributed by atoms with Gasteiger partial charge in [0.1, 0.15) is 23.5 Å². The molecule has 1 N–H and O–H groups in total. The number of allylic oxidation sites excluding steroid dienone is 3. The molecule has 2 unspecified atom stereocenters. The van der Waals surface area contributed by atoms with Crippen LogP contribution in [0.1, 0.15) is 27.7 Å². The minimum atomic E-state index is -0.815. The number of hydrogen-bond acceptors (Lipinski definition) is 8. The second kappa shape index (κ2) is 9.50. The number of likely N-dealkylation sites (tertiary alicyclic amines) is 1. The quantitative estimate of drug-likeness (QED) is 0.516. The van der Waals surface area contributed by atoms with Crippen molar-refractivity contribution in [3.63, 3.8) is 0 Å². The molecule has 0 radical (unpaired) electrons. The van der Waals surface area contributed by atoms with E-state index < -0.39 is 23.4 Å². The van der Waals surface area contributed by atoms with E-state index in [4.69, 9.17) is 37.4 Å². The van der Waals surface area contributed by atoms with Crippen LogP contribution in [-0.4, -0.2) is 75.8 Å². The lowest BCUT2D eigenvalue weighted by molar-refractivity contribution is -0.0779. The molecular formula is C26H29Cl2N5O5. The molecule has 38 heavy (non-hydrogen) atoms.